The second-order valence-electron chi connectivity index (χ2n) is 8.37. The molecule has 3 aliphatic rings. The van der Waals surface area contributed by atoms with Crippen LogP contribution >= 0.6 is 0 Å². The van der Waals surface area contributed by atoms with Gasteiger partial charge in [-0.05, 0) is 54.9 Å². The van der Waals surface area contributed by atoms with Crippen molar-refractivity contribution >= 4 is 0 Å². The minimum atomic E-state index is -0.154. The third kappa shape index (κ3) is 2.34. The molecular weight excluding hydrogens is 256 g/mol. The number of hydrogen-bond acceptors (Lipinski definition) is 1. The van der Waals surface area contributed by atoms with Crippen LogP contribution in [0.2, 0.25) is 0 Å². The van der Waals surface area contributed by atoms with E-state index in [1.54, 1.807) is 5.57 Å². The van der Waals surface area contributed by atoms with Gasteiger partial charge in [-0.2, -0.15) is 0 Å². The van der Waals surface area contributed by atoms with Crippen LogP contribution in [0.3, 0.4) is 0 Å². The van der Waals surface area contributed by atoms with Gasteiger partial charge in [-0.1, -0.05) is 51.0 Å². The summed E-state index contributed by atoms with van der Waals surface area (Å²) in [4.78, 5) is 0. The monoisotopic (exact) mass is 286 g/mol. The summed E-state index contributed by atoms with van der Waals surface area (Å²) in [6.07, 6.45) is 13.1. The minimum Gasteiger partial charge on any atom is -0.367 e. The highest BCUT2D eigenvalue weighted by atomic mass is 16.5. The standard InChI is InChI=1S/C20H30O/c1-6-19(4)13-10-16-15(14-21-19)8-9-17-18(2,3)11-7-12-20(16,17)5/h6,8-9,16H,1,7,10-14H2,2-5H3. The zero-order valence-electron chi connectivity index (χ0n) is 14.2. The van der Waals surface area contributed by atoms with Crippen LogP contribution in [0.1, 0.15) is 59.8 Å². The van der Waals surface area contributed by atoms with E-state index in [4.69, 9.17) is 4.74 Å². The van der Waals surface area contributed by atoms with Crippen LogP contribution in [0.25, 0.3) is 0 Å². The van der Waals surface area contributed by atoms with E-state index in [2.05, 4.69) is 46.4 Å². The molecule has 0 bridgehead atoms. The van der Waals surface area contributed by atoms with Crippen molar-refractivity contribution < 1.29 is 4.74 Å². The Hall–Kier alpha value is -0.820. The number of ether oxygens (including phenoxy) is 1. The Kier molecular flexibility index (Phi) is 3.48. The molecule has 2 fully saturated rings. The Labute approximate surface area is 130 Å². The summed E-state index contributed by atoms with van der Waals surface area (Å²) in [5.74, 6) is 0.652. The van der Waals surface area contributed by atoms with Crippen molar-refractivity contribution in [3.8, 4) is 0 Å². The maximum atomic E-state index is 6.17. The molecule has 0 amide bonds. The van der Waals surface area contributed by atoms with Crippen molar-refractivity contribution in [2.24, 2.45) is 16.7 Å². The lowest BCUT2D eigenvalue weighted by Gasteiger charge is -2.52. The van der Waals surface area contributed by atoms with Gasteiger partial charge in [0.15, 0.2) is 0 Å². The first-order valence-corrected chi connectivity index (χ1v) is 8.50. The fourth-order valence-corrected chi connectivity index (χ4v) is 5.00. The predicted molar refractivity (Wildman–Crippen MR) is 89.2 cm³/mol. The molecule has 3 rings (SSSR count). The van der Waals surface area contributed by atoms with E-state index in [0.717, 1.165) is 13.0 Å². The third-order valence-corrected chi connectivity index (χ3v) is 6.45. The van der Waals surface area contributed by atoms with E-state index >= 15 is 0 Å². The number of allylic oxidation sites excluding steroid dienone is 3. The fourth-order valence-electron chi connectivity index (χ4n) is 5.00. The molecule has 116 valence electrons. The Morgan fingerprint density at radius 3 is 2.62 bits per heavy atom. The van der Waals surface area contributed by atoms with Crippen LogP contribution in [0.5, 0.6) is 0 Å². The van der Waals surface area contributed by atoms with Crippen molar-refractivity contribution in [2.45, 2.75) is 65.4 Å². The molecule has 3 unspecified atom stereocenters. The fraction of sp³-hybridized carbons (Fsp3) is 0.700. The lowest BCUT2D eigenvalue weighted by molar-refractivity contribution is 0.0211. The molecule has 1 nitrogen and oxygen atoms in total. The molecule has 0 N–H and O–H groups in total. The molecule has 2 aliphatic carbocycles. The maximum absolute atomic E-state index is 6.17. The zero-order valence-corrected chi connectivity index (χ0v) is 14.2. The van der Waals surface area contributed by atoms with E-state index in [1.165, 1.54) is 31.3 Å². The summed E-state index contributed by atoms with van der Waals surface area (Å²) < 4.78 is 6.17. The van der Waals surface area contributed by atoms with Gasteiger partial charge in [0.2, 0.25) is 0 Å². The molecule has 0 aromatic heterocycles. The predicted octanol–water partition coefficient (Wildman–Crippen LogP) is 5.44. The molecule has 21 heavy (non-hydrogen) atoms. The smallest absolute Gasteiger partial charge is 0.0836 e. The van der Waals surface area contributed by atoms with Gasteiger partial charge in [0.05, 0.1) is 12.2 Å². The van der Waals surface area contributed by atoms with Crippen LogP contribution < -0.4 is 0 Å². The van der Waals surface area contributed by atoms with E-state index < -0.39 is 0 Å². The topological polar surface area (TPSA) is 9.23 Å². The Morgan fingerprint density at radius 1 is 1.14 bits per heavy atom. The van der Waals surface area contributed by atoms with E-state index in [1.807, 2.05) is 6.08 Å². The molecule has 0 spiro atoms. The summed E-state index contributed by atoms with van der Waals surface area (Å²) in [7, 11) is 0. The molecule has 0 aromatic carbocycles. The average Bonchev–Trinajstić information content (AvgIpc) is 2.59. The highest BCUT2D eigenvalue weighted by molar-refractivity contribution is 5.38. The summed E-state index contributed by atoms with van der Waals surface area (Å²) in [5, 5.41) is 0. The Morgan fingerprint density at radius 2 is 1.90 bits per heavy atom. The molecule has 1 heteroatoms. The lowest BCUT2D eigenvalue weighted by Crippen LogP contribution is -2.42. The van der Waals surface area contributed by atoms with E-state index in [-0.39, 0.29) is 5.60 Å². The van der Waals surface area contributed by atoms with Gasteiger partial charge in [0.25, 0.3) is 0 Å². The van der Waals surface area contributed by atoms with E-state index in [9.17, 15) is 0 Å². The van der Waals surface area contributed by atoms with Crippen LogP contribution in [0.15, 0.2) is 36.0 Å². The van der Waals surface area contributed by atoms with Gasteiger partial charge in [0.1, 0.15) is 0 Å². The van der Waals surface area contributed by atoms with Gasteiger partial charge >= 0.3 is 0 Å². The summed E-state index contributed by atoms with van der Waals surface area (Å²) in [6.45, 7) is 14.3. The highest BCUT2D eigenvalue weighted by Crippen LogP contribution is 2.59. The first kappa shape index (κ1) is 15.1. The third-order valence-electron chi connectivity index (χ3n) is 6.45. The number of fused-ring (bicyclic) bond motifs is 3. The van der Waals surface area contributed by atoms with Gasteiger partial charge in [-0.25, -0.2) is 0 Å². The molecule has 1 saturated heterocycles. The Balaban J connectivity index is 1.97. The minimum absolute atomic E-state index is 0.154. The molecule has 1 aliphatic heterocycles. The molecule has 1 heterocycles. The quantitative estimate of drug-likeness (QED) is 0.583. The van der Waals surface area contributed by atoms with Gasteiger partial charge < -0.3 is 4.74 Å². The van der Waals surface area contributed by atoms with E-state index in [0.29, 0.717) is 16.7 Å². The first-order chi connectivity index (χ1) is 9.81. The van der Waals surface area contributed by atoms with Crippen LogP contribution in [0, 0.1) is 16.7 Å². The van der Waals surface area contributed by atoms with Crippen molar-refractivity contribution in [3.05, 3.63) is 36.0 Å². The highest BCUT2D eigenvalue weighted by Gasteiger charge is 2.49. The van der Waals surface area contributed by atoms with Crippen LogP contribution in [-0.4, -0.2) is 12.2 Å². The number of rotatable bonds is 1. The van der Waals surface area contributed by atoms with Crippen molar-refractivity contribution in [3.63, 3.8) is 0 Å². The van der Waals surface area contributed by atoms with Crippen molar-refractivity contribution in [1.82, 2.24) is 0 Å². The molecule has 0 aromatic rings. The second kappa shape index (κ2) is 4.84. The van der Waals surface area contributed by atoms with Crippen molar-refractivity contribution in [2.75, 3.05) is 6.61 Å². The van der Waals surface area contributed by atoms with Gasteiger partial charge in [0, 0.05) is 0 Å². The lowest BCUT2D eigenvalue weighted by atomic mass is 9.52. The average molecular weight is 286 g/mol. The van der Waals surface area contributed by atoms with Crippen LogP contribution in [0.4, 0.5) is 0 Å². The number of hydrogen-bond donors (Lipinski definition) is 0. The summed E-state index contributed by atoms with van der Waals surface area (Å²) in [6, 6.07) is 0. The summed E-state index contributed by atoms with van der Waals surface area (Å²) in [5.41, 5.74) is 3.71. The molecular formula is C20H30O. The Bertz CT molecular complexity index is 510. The molecule has 0 radical (unpaired) electrons. The molecule has 3 atom stereocenters. The SMILES string of the molecule is C=CC1(C)CCC2C(=CC=C3C(C)(C)CCCC32C)CO1. The van der Waals surface area contributed by atoms with Gasteiger partial charge in [-0.15, -0.1) is 6.58 Å². The van der Waals surface area contributed by atoms with Gasteiger partial charge in [-0.3, -0.25) is 0 Å². The second-order valence-corrected chi connectivity index (χ2v) is 8.37. The molecule has 1 saturated carbocycles. The van der Waals surface area contributed by atoms with Crippen molar-refractivity contribution in [1.29, 1.82) is 0 Å². The largest absolute Gasteiger partial charge is 0.367 e. The normalized spacial score (nSPS) is 42.0. The van der Waals surface area contributed by atoms with Crippen LogP contribution in [-0.2, 0) is 4.74 Å². The summed E-state index contributed by atoms with van der Waals surface area (Å²) >= 11 is 0. The first-order valence-electron chi connectivity index (χ1n) is 8.50. The maximum Gasteiger partial charge on any atom is 0.0836 e. The zero-order chi connectivity index (χ0) is 15.3.